The van der Waals surface area contributed by atoms with Crippen LogP contribution in [-0.2, 0) is 10.9 Å². The maximum absolute atomic E-state index is 13.2. The second kappa shape index (κ2) is 6.27. The van der Waals surface area contributed by atoms with Crippen molar-refractivity contribution in [2.45, 2.75) is 6.18 Å². The summed E-state index contributed by atoms with van der Waals surface area (Å²) in [5.41, 5.74) is 1.79. The van der Waals surface area contributed by atoms with Crippen molar-refractivity contribution < 1.29 is 17.9 Å². The summed E-state index contributed by atoms with van der Waals surface area (Å²) >= 11 is 1.21. The van der Waals surface area contributed by atoms with Gasteiger partial charge in [0.25, 0.3) is 0 Å². The summed E-state index contributed by atoms with van der Waals surface area (Å²) in [7, 11) is 0. The quantitative estimate of drug-likeness (QED) is 0.682. The van der Waals surface area contributed by atoms with Crippen molar-refractivity contribution in [3.8, 4) is 11.1 Å². The minimum absolute atomic E-state index is 0.334. The van der Waals surface area contributed by atoms with E-state index in [0.717, 1.165) is 11.1 Å². The van der Waals surface area contributed by atoms with Crippen molar-refractivity contribution in [3.63, 3.8) is 0 Å². The first kappa shape index (κ1) is 16.3. The fourth-order valence-corrected chi connectivity index (χ4v) is 3.83. The fourth-order valence-electron chi connectivity index (χ4n) is 2.88. The van der Waals surface area contributed by atoms with Gasteiger partial charge in [-0.3, -0.25) is 0 Å². The zero-order valence-corrected chi connectivity index (χ0v) is 13.9. The molecule has 1 aliphatic rings. The van der Waals surface area contributed by atoms with Crippen molar-refractivity contribution in [2.24, 2.45) is 0 Å². The molecule has 130 valence electrons. The predicted octanol–water partition coefficient (Wildman–Crippen LogP) is 4.21. The zero-order valence-electron chi connectivity index (χ0n) is 13.1. The maximum atomic E-state index is 13.2. The van der Waals surface area contributed by atoms with Crippen LogP contribution in [0.1, 0.15) is 5.82 Å². The van der Waals surface area contributed by atoms with Gasteiger partial charge in [-0.2, -0.15) is 13.2 Å². The molecule has 4 nitrogen and oxygen atoms in total. The molecule has 0 saturated carbocycles. The number of halogens is 3. The first-order valence-electron chi connectivity index (χ1n) is 7.78. The predicted molar refractivity (Wildman–Crippen MR) is 90.9 cm³/mol. The molecule has 0 bridgehead atoms. The molecule has 0 aliphatic carbocycles. The third kappa shape index (κ3) is 3.07. The van der Waals surface area contributed by atoms with E-state index in [-0.39, 0.29) is 0 Å². The highest BCUT2D eigenvalue weighted by Crippen LogP contribution is 2.40. The molecular weight excluding hydrogens is 351 g/mol. The van der Waals surface area contributed by atoms with Crippen molar-refractivity contribution >= 4 is 27.4 Å². The third-order valence-electron chi connectivity index (χ3n) is 4.06. The van der Waals surface area contributed by atoms with Gasteiger partial charge >= 0.3 is 6.18 Å². The average Bonchev–Trinajstić information content (AvgIpc) is 3.06. The minimum Gasteiger partial charge on any atom is -0.378 e. The lowest BCUT2D eigenvalue weighted by Gasteiger charge is -2.29. The number of hydrogen-bond donors (Lipinski definition) is 0. The van der Waals surface area contributed by atoms with Gasteiger partial charge < -0.3 is 9.64 Å². The van der Waals surface area contributed by atoms with Crippen molar-refractivity contribution in [3.05, 3.63) is 41.5 Å². The normalized spacial score (nSPS) is 15.7. The molecule has 3 aromatic rings. The molecule has 3 heterocycles. The van der Waals surface area contributed by atoms with E-state index < -0.39 is 12.0 Å². The molecule has 8 heteroatoms. The van der Waals surface area contributed by atoms with Crippen LogP contribution in [-0.4, -0.2) is 36.3 Å². The number of fused-ring (bicyclic) bond motifs is 1. The molecule has 0 radical (unpaired) electrons. The minimum atomic E-state index is -4.58. The summed E-state index contributed by atoms with van der Waals surface area (Å²) in [6, 6.07) is 9.57. The van der Waals surface area contributed by atoms with Crippen LogP contribution in [0.4, 0.5) is 19.0 Å². The Kier molecular flexibility index (Phi) is 4.09. The summed E-state index contributed by atoms with van der Waals surface area (Å²) in [6.45, 7) is 1.95. The maximum Gasteiger partial charge on any atom is 0.451 e. The first-order chi connectivity index (χ1) is 12.0. The number of aromatic nitrogens is 2. The van der Waals surface area contributed by atoms with E-state index in [0.29, 0.717) is 42.3 Å². The summed E-state index contributed by atoms with van der Waals surface area (Å²) in [6.07, 6.45) is -4.58. The van der Waals surface area contributed by atoms with E-state index in [9.17, 15) is 13.2 Å². The largest absolute Gasteiger partial charge is 0.451 e. The van der Waals surface area contributed by atoms with Crippen LogP contribution in [0.15, 0.2) is 35.7 Å². The Morgan fingerprint density at radius 3 is 2.44 bits per heavy atom. The van der Waals surface area contributed by atoms with Crippen LogP contribution >= 0.6 is 11.3 Å². The monoisotopic (exact) mass is 365 g/mol. The second-order valence-corrected chi connectivity index (χ2v) is 6.52. The summed E-state index contributed by atoms with van der Waals surface area (Å²) < 4.78 is 45.0. The van der Waals surface area contributed by atoms with Gasteiger partial charge in [0.05, 0.1) is 18.6 Å². The summed E-state index contributed by atoms with van der Waals surface area (Å²) in [4.78, 5) is 9.87. The van der Waals surface area contributed by atoms with Gasteiger partial charge in [0.2, 0.25) is 5.82 Å². The molecule has 1 aromatic carbocycles. The molecule has 2 aromatic heterocycles. The van der Waals surface area contributed by atoms with E-state index in [1.165, 1.54) is 11.3 Å². The summed E-state index contributed by atoms with van der Waals surface area (Å²) in [5, 5.41) is 2.52. The highest BCUT2D eigenvalue weighted by atomic mass is 32.1. The SMILES string of the molecule is FC(F)(F)c1nc(N2CCOCC2)c2c(-c3ccccc3)csc2n1. The van der Waals surface area contributed by atoms with Crippen LogP contribution in [0.5, 0.6) is 0 Å². The highest BCUT2D eigenvalue weighted by molar-refractivity contribution is 7.17. The van der Waals surface area contributed by atoms with E-state index in [4.69, 9.17) is 4.74 Å². The van der Waals surface area contributed by atoms with Gasteiger partial charge in [0.15, 0.2) is 0 Å². The second-order valence-electron chi connectivity index (χ2n) is 5.66. The topological polar surface area (TPSA) is 38.2 Å². The van der Waals surface area contributed by atoms with Gasteiger partial charge in [0.1, 0.15) is 10.6 Å². The Morgan fingerprint density at radius 2 is 1.76 bits per heavy atom. The number of nitrogens with zero attached hydrogens (tertiary/aromatic N) is 3. The Labute approximate surface area is 145 Å². The molecule has 1 aliphatic heterocycles. The van der Waals surface area contributed by atoms with E-state index in [1.807, 2.05) is 40.6 Å². The highest BCUT2D eigenvalue weighted by Gasteiger charge is 2.37. The summed E-state index contributed by atoms with van der Waals surface area (Å²) in [5.74, 6) is -0.760. The number of morpholine rings is 1. The Hall–Kier alpha value is -2.19. The Balaban J connectivity index is 1.95. The molecule has 1 fully saturated rings. The molecule has 0 N–H and O–H groups in total. The number of ether oxygens (including phenoxy) is 1. The van der Waals surface area contributed by atoms with Crippen LogP contribution in [0.3, 0.4) is 0 Å². The molecule has 0 spiro atoms. The average molecular weight is 365 g/mol. The van der Waals surface area contributed by atoms with E-state index >= 15 is 0 Å². The molecule has 0 amide bonds. The first-order valence-corrected chi connectivity index (χ1v) is 8.66. The van der Waals surface area contributed by atoms with E-state index in [1.54, 1.807) is 0 Å². The molecular formula is C17H14F3N3OS. The number of benzene rings is 1. The van der Waals surface area contributed by atoms with Crippen LogP contribution < -0.4 is 4.90 Å². The fraction of sp³-hybridized carbons (Fsp3) is 0.294. The van der Waals surface area contributed by atoms with Crippen molar-refractivity contribution in [1.29, 1.82) is 0 Å². The van der Waals surface area contributed by atoms with Gasteiger partial charge in [-0.25, -0.2) is 9.97 Å². The standard InChI is InChI=1S/C17H14F3N3OS/c18-17(19,20)16-21-14(23-6-8-24-9-7-23)13-12(10-25-15(13)22-16)11-4-2-1-3-5-11/h1-5,10H,6-9H2. The van der Waals surface area contributed by atoms with Gasteiger partial charge in [-0.15, -0.1) is 11.3 Å². The molecule has 0 unspecified atom stereocenters. The third-order valence-corrected chi connectivity index (χ3v) is 4.94. The lowest BCUT2D eigenvalue weighted by Crippen LogP contribution is -2.37. The van der Waals surface area contributed by atoms with Gasteiger partial charge in [0, 0.05) is 24.0 Å². The number of thiophene rings is 1. The molecule has 25 heavy (non-hydrogen) atoms. The lowest BCUT2D eigenvalue weighted by atomic mass is 10.1. The molecule has 4 rings (SSSR count). The van der Waals surface area contributed by atoms with Crippen LogP contribution in [0.2, 0.25) is 0 Å². The Morgan fingerprint density at radius 1 is 1.04 bits per heavy atom. The number of anilines is 1. The van der Waals surface area contributed by atoms with Gasteiger partial charge in [-0.1, -0.05) is 30.3 Å². The van der Waals surface area contributed by atoms with Crippen LogP contribution in [0, 0.1) is 0 Å². The number of hydrogen-bond acceptors (Lipinski definition) is 5. The lowest BCUT2D eigenvalue weighted by molar-refractivity contribution is -0.144. The van der Waals surface area contributed by atoms with Crippen molar-refractivity contribution in [1.82, 2.24) is 9.97 Å². The Bertz CT molecular complexity index is 889. The molecule has 1 saturated heterocycles. The van der Waals surface area contributed by atoms with Crippen LogP contribution in [0.25, 0.3) is 21.3 Å². The smallest absolute Gasteiger partial charge is 0.378 e. The van der Waals surface area contributed by atoms with Crippen molar-refractivity contribution in [2.75, 3.05) is 31.2 Å². The number of alkyl halides is 3. The van der Waals surface area contributed by atoms with Gasteiger partial charge in [-0.05, 0) is 5.56 Å². The zero-order chi connectivity index (χ0) is 17.4. The number of rotatable bonds is 2. The molecule has 0 atom stereocenters. The van der Waals surface area contributed by atoms with E-state index in [2.05, 4.69) is 9.97 Å².